The van der Waals surface area contributed by atoms with Gasteiger partial charge in [0, 0.05) is 30.4 Å². The molecule has 2 aliphatic rings. The molecule has 4 aromatic rings. The summed E-state index contributed by atoms with van der Waals surface area (Å²) in [6.07, 6.45) is 11.7. The third kappa shape index (κ3) is 4.82. The summed E-state index contributed by atoms with van der Waals surface area (Å²) in [6.45, 7) is 4.30. The van der Waals surface area contributed by atoms with Crippen molar-refractivity contribution in [1.82, 2.24) is 19.3 Å². The van der Waals surface area contributed by atoms with Gasteiger partial charge in [-0.1, -0.05) is 55.3 Å². The second-order valence-corrected chi connectivity index (χ2v) is 10.4. The number of likely N-dealkylation sites (tertiary alicyclic amines) is 1. The van der Waals surface area contributed by atoms with Gasteiger partial charge in [0.25, 0.3) is 0 Å². The van der Waals surface area contributed by atoms with Crippen LogP contribution in [0.3, 0.4) is 0 Å². The summed E-state index contributed by atoms with van der Waals surface area (Å²) >= 11 is 0. The molecular formula is C30H35N5O. The van der Waals surface area contributed by atoms with E-state index in [0.717, 1.165) is 39.8 Å². The fourth-order valence-corrected chi connectivity index (χ4v) is 5.83. The van der Waals surface area contributed by atoms with Gasteiger partial charge in [-0.2, -0.15) is 0 Å². The number of ether oxygens (including phenoxy) is 1. The summed E-state index contributed by atoms with van der Waals surface area (Å²) in [4.78, 5) is 12.2. The summed E-state index contributed by atoms with van der Waals surface area (Å²) in [6, 6.07) is 18.4. The smallest absolute Gasteiger partial charge is 0.150 e. The van der Waals surface area contributed by atoms with Gasteiger partial charge in [0.1, 0.15) is 35.2 Å². The molecule has 2 aromatic heterocycles. The maximum absolute atomic E-state index is 6.40. The topological polar surface area (TPSA) is 68.7 Å². The molecule has 0 unspecified atom stereocenters. The summed E-state index contributed by atoms with van der Waals surface area (Å²) in [5.41, 5.74) is 10.3. The normalized spacial score (nSPS) is 20.7. The molecule has 0 radical (unpaired) electrons. The summed E-state index contributed by atoms with van der Waals surface area (Å²) in [7, 11) is 0. The number of fused-ring (bicyclic) bond motifs is 1. The fourth-order valence-electron chi connectivity index (χ4n) is 5.83. The van der Waals surface area contributed by atoms with Crippen molar-refractivity contribution in [2.24, 2.45) is 5.92 Å². The van der Waals surface area contributed by atoms with Crippen molar-refractivity contribution in [3.8, 4) is 17.0 Å². The standard InChI is InChI=1S/C30H35N5O/c31-29-28-27(24-11-8-12-26(19-24)36-21-22-9-4-3-5-10-22)33-30(35(28)16-13-32-29)25-17-23(18-25)20-34-14-6-1-2-7-15-34/h3-5,8-13,16,19,23,25H,1-2,6-7,14-15,17-18,20-21H2,(H2,31,32). The van der Waals surface area contributed by atoms with Crippen LogP contribution in [-0.4, -0.2) is 38.9 Å². The van der Waals surface area contributed by atoms with E-state index in [2.05, 4.69) is 38.6 Å². The number of nitrogen functional groups attached to an aromatic ring is 1. The van der Waals surface area contributed by atoms with Gasteiger partial charge in [0.15, 0.2) is 0 Å². The summed E-state index contributed by atoms with van der Waals surface area (Å²) in [5, 5.41) is 0. The number of anilines is 1. The lowest BCUT2D eigenvalue weighted by Crippen LogP contribution is -2.36. The lowest BCUT2D eigenvalue weighted by Gasteiger charge is -2.37. The minimum atomic E-state index is 0.461. The van der Waals surface area contributed by atoms with Gasteiger partial charge in [-0.3, -0.25) is 4.40 Å². The Morgan fingerprint density at radius 3 is 2.56 bits per heavy atom. The van der Waals surface area contributed by atoms with Crippen molar-refractivity contribution in [2.75, 3.05) is 25.4 Å². The zero-order chi connectivity index (χ0) is 24.3. The van der Waals surface area contributed by atoms with Crippen molar-refractivity contribution in [3.63, 3.8) is 0 Å². The van der Waals surface area contributed by atoms with Gasteiger partial charge in [-0.15, -0.1) is 0 Å². The van der Waals surface area contributed by atoms with Gasteiger partial charge in [0.05, 0.1) is 0 Å². The van der Waals surface area contributed by atoms with Crippen LogP contribution in [0.15, 0.2) is 67.0 Å². The summed E-state index contributed by atoms with van der Waals surface area (Å²) in [5.74, 6) is 3.67. The van der Waals surface area contributed by atoms with Gasteiger partial charge in [-0.05, 0) is 62.4 Å². The first-order chi connectivity index (χ1) is 17.7. The minimum absolute atomic E-state index is 0.461. The Kier molecular flexibility index (Phi) is 6.60. The molecule has 6 rings (SSSR count). The number of nitrogens with zero attached hydrogens (tertiary/aromatic N) is 4. The number of hydrogen-bond acceptors (Lipinski definition) is 5. The van der Waals surface area contributed by atoms with Crippen LogP contribution in [0, 0.1) is 5.92 Å². The highest BCUT2D eigenvalue weighted by Crippen LogP contribution is 2.43. The predicted octanol–water partition coefficient (Wildman–Crippen LogP) is 5.93. The van der Waals surface area contributed by atoms with E-state index in [1.54, 1.807) is 6.20 Å². The second-order valence-electron chi connectivity index (χ2n) is 10.4. The van der Waals surface area contributed by atoms with Crippen molar-refractivity contribution in [1.29, 1.82) is 0 Å². The zero-order valence-corrected chi connectivity index (χ0v) is 20.9. The van der Waals surface area contributed by atoms with Crippen molar-refractivity contribution >= 4 is 11.3 Å². The highest BCUT2D eigenvalue weighted by Gasteiger charge is 2.35. The van der Waals surface area contributed by atoms with E-state index in [1.165, 1.54) is 58.2 Å². The fraction of sp³-hybridized carbons (Fsp3) is 0.400. The average molecular weight is 482 g/mol. The lowest BCUT2D eigenvalue weighted by atomic mass is 9.74. The maximum Gasteiger partial charge on any atom is 0.150 e. The number of imidazole rings is 1. The SMILES string of the molecule is Nc1nccn2c(C3CC(CN4CCCCCC4)C3)nc(-c3cccc(OCc4ccccc4)c3)c12. The molecule has 2 N–H and O–H groups in total. The number of hydrogen-bond donors (Lipinski definition) is 1. The molecule has 2 fully saturated rings. The molecule has 0 spiro atoms. The molecule has 6 heteroatoms. The second kappa shape index (κ2) is 10.3. The van der Waals surface area contributed by atoms with E-state index in [-0.39, 0.29) is 0 Å². The van der Waals surface area contributed by atoms with Crippen LogP contribution in [0.5, 0.6) is 5.75 Å². The van der Waals surface area contributed by atoms with Crippen LogP contribution >= 0.6 is 0 Å². The number of benzene rings is 2. The van der Waals surface area contributed by atoms with E-state index in [1.807, 2.05) is 36.5 Å². The predicted molar refractivity (Wildman–Crippen MR) is 144 cm³/mol. The molecule has 1 saturated heterocycles. The van der Waals surface area contributed by atoms with Crippen LogP contribution in [0.4, 0.5) is 5.82 Å². The molecule has 1 aliphatic heterocycles. The molecule has 1 saturated carbocycles. The van der Waals surface area contributed by atoms with Gasteiger partial charge in [0.2, 0.25) is 0 Å². The first kappa shape index (κ1) is 23.0. The van der Waals surface area contributed by atoms with E-state index in [0.29, 0.717) is 18.3 Å². The van der Waals surface area contributed by atoms with Crippen molar-refractivity contribution in [2.45, 2.75) is 51.0 Å². The van der Waals surface area contributed by atoms with Crippen molar-refractivity contribution < 1.29 is 4.74 Å². The third-order valence-electron chi connectivity index (χ3n) is 7.78. The van der Waals surface area contributed by atoms with Crippen LogP contribution in [0.25, 0.3) is 16.8 Å². The van der Waals surface area contributed by atoms with Crippen LogP contribution in [0.1, 0.15) is 55.8 Å². The van der Waals surface area contributed by atoms with E-state index in [9.17, 15) is 0 Å². The average Bonchev–Trinajstić information content (AvgIpc) is 3.08. The largest absolute Gasteiger partial charge is 0.489 e. The Hall–Kier alpha value is -3.38. The Morgan fingerprint density at radius 1 is 0.944 bits per heavy atom. The van der Waals surface area contributed by atoms with E-state index < -0.39 is 0 Å². The molecular weight excluding hydrogens is 446 g/mol. The molecule has 0 atom stereocenters. The van der Waals surface area contributed by atoms with E-state index >= 15 is 0 Å². The Bertz CT molecular complexity index is 1300. The molecule has 0 amide bonds. The summed E-state index contributed by atoms with van der Waals surface area (Å²) < 4.78 is 8.26. The van der Waals surface area contributed by atoms with Gasteiger partial charge < -0.3 is 15.4 Å². The maximum atomic E-state index is 6.40. The highest BCUT2D eigenvalue weighted by atomic mass is 16.5. The van der Waals surface area contributed by atoms with E-state index in [4.69, 9.17) is 15.5 Å². The zero-order valence-electron chi connectivity index (χ0n) is 20.9. The molecule has 1 aliphatic carbocycles. The van der Waals surface area contributed by atoms with Gasteiger partial charge >= 0.3 is 0 Å². The third-order valence-corrected chi connectivity index (χ3v) is 7.78. The number of rotatable bonds is 7. The molecule has 36 heavy (non-hydrogen) atoms. The molecule has 0 bridgehead atoms. The first-order valence-corrected chi connectivity index (χ1v) is 13.4. The van der Waals surface area contributed by atoms with Crippen molar-refractivity contribution in [3.05, 3.63) is 78.4 Å². The van der Waals surface area contributed by atoms with Crippen LogP contribution in [-0.2, 0) is 6.61 Å². The van der Waals surface area contributed by atoms with Gasteiger partial charge in [-0.25, -0.2) is 9.97 Å². The highest BCUT2D eigenvalue weighted by molar-refractivity contribution is 5.85. The molecule has 6 nitrogen and oxygen atoms in total. The first-order valence-electron chi connectivity index (χ1n) is 13.4. The van der Waals surface area contributed by atoms with Crippen LogP contribution in [0.2, 0.25) is 0 Å². The molecule has 3 heterocycles. The quantitative estimate of drug-likeness (QED) is 0.354. The Morgan fingerprint density at radius 2 is 1.75 bits per heavy atom. The monoisotopic (exact) mass is 481 g/mol. The molecule has 186 valence electrons. The Balaban J connectivity index is 1.22. The number of aromatic nitrogens is 3. The minimum Gasteiger partial charge on any atom is -0.489 e. The molecule has 2 aromatic carbocycles. The lowest BCUT2D eigenvalue weighted by molar-refractivity contribution is 0.158. The Labute approximate surface area is 213 Å². The number of nitrogens with two attached hydrogens (primary N) is 1. The van der Waals surface area contributed by atoms with Crippen LogP contribution < -0.4 is 10.5 Å².